The number of nitrogens with zero attached hydrogens (tertiary/aromatic N) is 3. The van der Waals surface area contributed by atoms with Crippen molar-refractivity contribution in [3.05, 3.63) is 53.0 Å². The summed E-state index contributed by atoms with van der Waals surface area (Å²) < 4.78 is 0. The average molecular weight is 307 g/mol. The second-order valence-electron chi connectivity index (χ2n) is 6.47. The number of aromatic amines is 2. The second kappa shape index (κ2) is 5.99. The molecule has 0 aliphatic heterocycles. The van der Waals surface area contributed by atoms with Crippen LogP contribution in [0.15, 0.2) is 30.3 Å². The number of fused-ring (bicyclic) bond motifs is 1. The van der Waals surface area contributed by atoms with Crippen molar-refractivity contribution in [1.82, 2.24) is 25.4 Å². The molecule has 2 N–H and O–H groups in total. The van der Waals surface area contributed by atoms with Crippen molar-refractivity contribution in [2.45, 2.75) is 39.0 Å². The number of aryl methyl sites for hydroxylation is 3. The van der Waals surface area contributed by atoms with Crippen LogP contribution in [0.4, 0.5) is 0 Å². The van der Waals surface area contributed by atoms with Crippen LogP contribution >= 0.6 is 0 Å². The summed E-state index contributed by atoms with van der Waals surface area (Å²) in [5, 5.41) is 15.1. The molecule has 1 atom stereocenters. The highest BCUT2D eigenvalue weighted by Crippen LogP contribution is 2.30. The molecular formula is C18H21N5. The summed E-state index contributed by atoms with van der Waals surface area (Å²) in [6.45, 7) is 2.29. The Morgan fingerprint density at radius 1 is 1.09 bits per heavy atom. The fourth-order valence-corrected chi connectivity index (χ4v) is 3.27. The summed E-state index contributed by atoms with van der Waals surface area (Å²) >= 11 is 0. The van der Waals surface area contributed by atoms with Crippen LogP contribution in [0.1, 0.15) is 36.0 Å². The summed E-state index contributed by atoms with van der Waals surface area (Å²) in [5.74, 6) is 2.35. The normalized spacial score (nSPS) is 17.2. The van der Waals surface area contributed by atoms with E-state index in [2.05, 4.69) is 56.6 Å². The number of hydrogen-bond acceptors (Lipinski definition) is 3. The van der Waals surface area contributed by atoms with Gasteiger partial charge in [0.25, 0.3) is 0 Å². The Balaban J connectivity index is 1.51. The van der Waals surface area contributed by atoms with Gasteiger partial charge in [0, 0.05) is 17.7 Å². The quantitative estimate of drug-likeness (QED) is 0.778. The third-order valence-electron chi connectivity index (χ3n) is 4.63. The summed E-state index contributed by atoms with van der Waals surface area (Å²) in [6.07, 6.45) is 5.19. The maximum atomic E-state index is 4.65. The zero-order chi connectivity index (χ0) is 15.6. The molecule has 3 aromatic rings. The van der Waals surface area contributed by atoms with Crippen molar-refractivity contribution in [3.8, 4) is 11.5 Å². The molecule has 0 bridgehead atoms. The molecule has 1 aliphatic rings. The first-order valence-electron chi connectivity index (χ1n) is 8.31. The van der Waals surface area contributed by atoms with Crippen molar-refractivity contribution in [3.63, 3.8) is 0 Å². The summed E-state index contributed by atoms with van der Waals surface area (Å²) in [5.41, 5.74) is 4.80. The van der Waals surface area contributed by atoms with Crippen LogP contribution in [-0.2, 0) is 25.7 Å². The lowest BCUT2D eigenvalue weighted by molar-refractivity contribution is 0.498. The Morgan fingerprint density at radius 3 is 2.83 bits per heavy atom. The summed E-state index contributed by atoms with van der Waals surface area (Å²) in [4.78, 5) is 4.65. The molecule has 2 aromatic heterocycles. The van der Waals surface area contributed by atoms with Gasteiger partial charge in [0.1, 0.15) is 11.5 Å². The predicted molar refractivity (Wildman–Crippen MR) is 89.0 cm³/mol. The van der Waals surface area contributed by atoms with Crippen LogP contribution < -0.4 is 0 Å². The van der Waals surface area contributed by atoms with Crippen molar-refractivity contribution >= 4 is 0 Å². The third kappa shape index (κ3) is 2.91. The van der Waals surface area contributed by atoms with E-state index in [-0.39, 0.29) is 0 Å². The lowest BCUT2D eigenvalue weighted by Gasteiger charge is -2.17. The molecule has 1 aliphatic carbocycles. The van der Waals surface area contributed by atoms with Gasteiger partial charge in [-0.25, -0.2) is 4.98 Å². The number of hydrogen-bond donors (Lipinski definition) is 2. The van der Waals surface area contributed by atoms with E-state index < -0.39 is 0 Å². The smallest absolute Gasteiger partial charge is 0.201 e. The van der Waals surface area contributed by atoms with E-state index >= 15 is 0 Å². The molecule has 0 amide bonds. The van der Waals surface area contributed by atoms with Crippen LogP contribution in [0.5, 0.6) is 0 Å². The Morgan fingerprint density at radius 2 is 1.96 bits per heavy atom. The zero-order valence-electron chi connectivity index (χ0n) is 13.3. The highest BCUT2D eigenvalue weighted by molar-refractivity contribution is 5.56. The van der Waals surface area contributed by atoms with Gasteiger partial charge in [-0.1, -0.05) is 37.3 Å². The van der Waals surface area contributed by atoms with E-state index in [1.807, 2.05) is 6.07 Å². The number of H-pyrrole nitrogens is 2. The van der Waals surface area contributed by atoms with Gasteiger partial charge >= 0.3 is 0 Å². The first kappa shape index (κ1) is 14.2. The topological polar surface area (TPSA) is 70.2 Å². The van der Waals surface area contributed by atoms with Crippen molar-refractivity contribution in [2.75, 3.05) is 0 Å². The van der Waals surface area contributed by atoms with Gasteiger partial charge in [-0.05, 0) is 37.2 Å². The monoisotopic (exact) mass is 307 g/mol. The second-order valence-corrected chi connectivity index (χ2v) is 6.47. The van der Waals surface area contributed by atoms with Crippen LogP contribution in [0.25, 0.3) is 11.5 Å². The van der Waals surface area contributed by atoms with E-state index in [1.165, 1.54) is 23.2 Å². The van der Waals surface area contributed by atoms with E-state index in [9.17, 15) is 0 Å². The molecule has 2 heterocycles. The van der Waals surface area contributed by atoms with Crippen molar-refractivity contribution in [1.29, 1.82) is 0 Å². The lowest BCUT2D eigenvalue weighted by Crippen LogP contribution is -2.10. The molecule has 4 rings (SSSR count). The minimum atomic E-state index is 0.704. The van der Waals surface area contributed by atoms with Crippen LogP contribution in [0.3, 0.4) is 0 Å². The van der Waals surface area contributed by atoms with Gasteiger partial charge in [0.2, 0.25) is 5.82 Å². The highest BCUT2D eigenvalue weighted by Gasteiger charge is 2.23. The molecule has 0 saturated heterocycles. The van der Waals surface area contributed by atoms with E-state index in [1.54, 1.807) is 0 Å². The maximum absolute atomic E-state index is 4.65. The first-order valence-corrected chi connectivity index (χ1v) is 8.31. The van der Waals surface area contributed by atoms with Crippen molar-refractivity contribution < 1.29 is 0 Å². The standard InChI is InChI=1S/C18H21N5/c1-12-7-9-15-14(11-12)17(22-20-15)18-19-16(21-23-18)10-8-13-5-3-2-4-6-13/h2-6,12H,7-11H2,1H3,(H,20,22)(H,19,21,23)/t12-/m0/s1. The molecule has 5 nitrogen and oxygen atoms in total. The van der Waals surface area contributed by atoms with Crippen LogP contribution in [0, 0.1) is 5.92 Å². The van der Waals surface area contributed by atoms with Gasteiger partial charge in [-0.3, -0.25) is 10.2 Å². The molecule has 5 heteroatoms. The van der Waals surface area contributed by atoms with E-state index in [4.69, 9.17) is 0 Å². The number of aromatic nitrogens is 5. The summed E-state index contributed by atoms with van der Waals surface area (Å²) in [6, 6.07) is 10.5. The van der Waals surface area contributed by atoms with Crippen molar-refractivity contribution in [2.24, 2.45) is 5.92 Å². The molecule has 0 unspecified atom stereocenters. The minimum Gasteiger partial charge on any atom is -0.282 e. The average Bonchev–Trinajstić information content (AvgIpc) is 3.20. The van der Waals surface area contributed by atoms with Crippen LogP contribution in [0.2, 0.25) is 0 Å². The molecule has 23 heavy (non-hydrogen) atoms. The summed E-state index contributed by atoms with van der Waals surface area (Å²) in [7, 11) is 0. The van der Waals surface area contributed by atoms with Crippen LogP contribution in [-0.4, -0.2) is 25.4 Å². The lowest BCUT2D eigenvalue weighted by atomic mass is 9.88. The van der Waals surface area contributed by atoms with Gasteiger partial charge < -0.3 is 0 Å². The largest absolute Gasteiger partial charge is 0.282 e. The number of rotatable bonds is 4. The van der Waals surface area contributed by atoms with Gasteiger partial charge in [0.05, 0.1) is 0 Å². The zero-order valence-corrected chi connectivity index (χ0v) is 13.3. The molecule has 0 saturated carbocycles. The minimum absolute atomic E-state index is 0.704. The highest BCUT2D eigenvalue weighted by atomic mass is 15.2. The molecule has 1 aromatic carbocycles. The first-order chi connectivity index (χ1) is 11.3. The molecular weight excluding hydrogens is 286 g/mol. The molecule has 0 radical (unpaired) electrons. The Kier molecular flexibility index (Phi) is 3.69. The third-order valence-corrected chi connectivity index (χ3v) is 4.63. The molecule has 0 fully saturated rings. The SMILES string of the molecule is C[C@H]1CCc2[nH]nc(-c3n[nH]c(CCc4ccccc4)n3)c2C1. The Labute approximate surface area is 135 Å². The molecule has 118 valence electrons. The predicted octanol–water partition coefficient (Wildman–Crippen LogP) is 3.10. The number of benzene rings is 1. The Hall–Kier alpha value is -2.43. The van der Waals surface area contributed by atoms with E-state index in [0.29, 0.717) is 5.92 Å². The number of nitrogens with one attached hydrogen (secondary N) is 2. The maximum Gasteiger partial charge on any atom is 0.201 e. The van der Waals surface area contributed by atoms with Gasteiger partial charge in [-0.2, -0.15) is 10.2 Å². The molecule has 0 spiro atoms. The van der Waals surface area contributed by atoms with Gasteiger partial charge in [0.15, 0.2) is 0 Å². The van der Waals surface area contributed by atoms with Gasteiger partial charge in [-0.15, -0.1) is 0 Å². The Bertz CT molecular complexity index is 787. The van der Waals surface area contributed by atoms with E-state index in [0.717, 1.165) is 43.0 Å². The fraction of sp³-hybridized carbons (Fsp3) is 0.389. The fourth-order valence-electron chi connectivity index (χ4n) is 3.27.